The molecular weight excluding hydrogens is 436 g/mol. The van der Waals surface area contributed by atoms with Crippen molar-refractivity contribution in [2.75, 3.05) is 32.1 Å². The van der Waals surface area contributed by atoms with Gasteiger partial charge in [0.1, 0.15) is 0 Å². The molecule has 1 saturated heterocycles. The molecule has 0 aliphatic carbocycles. The first-order valence-corrected chi connectivity index (χ1v) is 12.8. The van der Waals surface area contributed by atoms with E-state index in [4.69, 9.17) is 9.72 Å². The van der Waals surface area contributed by atoms with Gasteiger partial charge >= 0.3 is 0 Å². The summed E-state index contributed by atoms with van der Waals surface area (Å²) in [7, 11) is -3.59. The van der Waals surface area contributed by atoms with Crippen molar-refractivity contribution in [3.05, 3.63) is 42.2 Å². The summed E-state index contributed by atoms with van der Waals surface area (Å²) in [6, 6.07) is 8.66. The number of ether oxygens (including phenoxy) is 1. The molecule has 1 aliphatic rings. The van der Waals surface area contributed by atoms with Crippen molar-refractivity contribution in [3.8, 4) is 0 Å². The molecule has 31 heavy (non-hydrogen) atoms. The van der Waals surface area contributed by atoms with E-state index in [-0.39, 0.29) is 16.4 Å². The second-order valence-electron chi connectivity index (χ2n) is 7.36. The van der Waals surface area contributed by atoms with Gasteiger partial charge in [-0.2, -0.15) is 4.31 Å². The Labute approximate surface area is 186 Å². The van der Waals surface area contributed by atoms with Gasteiger partial charge in [-0.1, -0.05) is 25.1 Å². The first-order valence-electron chi connectivity index (χ1n) is 10.4. The Balaban J connectivity index is 1.63. The monoisotopic (exact) mass is 462 g/mol. The molecule has 1 N–H and O–H groups in total. The number of carbonyl (C=O) groups excluding carboxylic acids is 1. The third-order valence-electron chi connectivity index (χ3n) is 5.26. The van der Waals surface area contributed by atoms with Crippen molar-refractivity contribution in [1.29, 1.82) is 0 Å². The minimum atomic E-state index is -3.59. The molecule has 1 aliphatic heterocycles. The van der Waals surface area contributed by atoms with Gasteiger partial charge in [0, 0.05) is 25.8 Å². The van der Waals surface area contributed by atoms with Crippen LogP contribution in [0.4, 0.5) is 0 Å². The highest BCUT2D eigenvalue weighted by molar-refractivity contribution is 7.99. The summed E-state index contributed by atoms with van der Waals surface area (Å²) < 4.78 is 34.9. The smallest absolute Gasteiger partial charge is 0.243 e. The molecule has 3 aromatic rings. The fraction of sp³-hybridized carbons (Fsp3) is 0.429. The number of carbonyl (C=O) groups is 1. The molecule has 0 saturated carbocycles. The normalized spacial score (nSPS) is 15.5. The highest BCUT2D eigenvalue weighted by Gasteiger charge is 2.27. The van der Waals surface area contributed by atoms with Crippen LogP contribution < -0.4 is 0 Å². The van der Waals surface area contributed by atoms with Crippen molar-refractivity contribution in [1.82, 2.24) is 18.8 Å². The van der Waals surface area contributed by atoms with Crippen molar-refractivity contribution in [3.63, 3.8) is 0 Å². The van der Waals surface area contributed by atoms with Gasteiger partial charge in [0.15, 0.2) is 10.9 Å². The Morgan fingerprint density at radius 3 is 2.77 bits per heavy atom. The number of sulfonamides is 1. The van der Waals surface area contributed by atoms with Crippen LogP contribution in [-0.2, 0) is 21.3 Å². The Morgan fingerprint density at radius 2 is 2.06 bits per heavy atom. The Hall–Kier alpha value is -2.14. The number of hydrogen-bond acceptors (Lipinski definition) is 6. The quantitative estimate of drug-likeness (QED) is 0.388. The molecule has 0 atom stereocenters. The molecule has 1 aromatic carbocycles. The molecule has 4 rings (SSSR count). The van der Waals surface area contributed by atoms with Gasteiger partial charge in [0.05, 0.1) is 40.6 Å². The maximum atomic E-state index is 13.0. The van der Waals surface area contributed by atoms with Gasteiger partial charge in [-0.15, -0.1) is 0 Å². The van der Waals surface area contributed by atoms with Crippen LogP contribution in [0.25, 0.3) is 11.0 Å². The number of aromatic nitrogens is 3. The van der Waals surface area contributed by atoms with E-state index in [9.17, 15) is 13.2 Å². The maximum absolute atomic E-state index is 13.0. The zero-order valence-electron chi connectivity index (χ0n) is 17.4. The van der Waals surface area contributed by atoms with E-state index >= 15 is 0 Å². The lowest BCUT2D eigenvalue weighted by atomic mass is 10.3. The molecule has 0 unspecified atom stereocenters. The van der Waals surface area contributed by atoms with Crippen LogP contribution in [0, 0.1) is 0 Å². The summed E-state index contributed by atoms with van der Waals surface area (Å²) in [5, 5.41) is 0.726. The lowest BCUT2D eigenvalue weighted by Crippen LogP contribution is -2.40. The van der Waals surface area contributed by atoms with Crippen molar-refractivity contribution < 1.29 is 17.9 Å². The molecule has 0 bridgehead atoms. The standard InChI is InChI=1S/C21H26N4O4S2/c1-2-3-9-25-19-7-6-16(31(27,28)24-10-12-29-13-11-24)14-18(19)23-21(25)30-15-20(26)17-5-4-8-22-17/h4-8,14,22H,2-3,9-13,15H2,1H3. The maximum Gasteiger partial charge on any atom is 0.243 e. The van der Waals surface area contributed by atoms with Gasteiger partial charge in [-0.25, -0.2) is 13.4 Å². The van der Waals surface area contributed by atoms with Gasteiger partial charge in [0.2, 0.25) is 10.0 Å². The van der Waals surface area contributed by atoms with Crippen molar-refractivity contribution >= 4 is 38.6 Å². The zero-order valence-corrected chi connectivity index (χ0v) is 19.0. The first-order chi connectivity index (χ1) is 15.0. The summed E-state index contributed by atoms with van der Waals surface area (Å²) in [5.74, 6) is 0.259. The van der Waals surface area contributed by atoms with E-state index in [2.05, 4.69) is 16.5 Å². The fourth-order valence-corrected chi connectivity index (χ4v) is 5.89. The Morgan fingerprint density at radius 1 is 1.26 bits per heavy atom. The molecule has 166 valence electrons. The minimum Gasteiger partial charge on any atom is -0.379 e. The summed E-state index contributed by atoms with van der Waals surface area (Å²) >= 11 is 1.38. The number of nitrogens with one attached hydrogen (secondary N) is 1. The molecule has 10 heteroatoms. The molecule has 1 fully saturated rings. The van der Waals surface area contributed by atoms with E-state index in [1.54, 1.807) is 30.5 Å². The molecule has 0 amide bonds. The minimum absolute atomic E-state index is 0.000295. The van der Waals surface area contributed by atoms with E-state index in [1.165, 1.54) is 16.1 Å². The number of hydrogen-bond donors (Lipinski definition) is 1. The van der Waals surface area contributed by atoms with Gasteiger partial charge in [-0.05, 0) is 36.8 Å². The molecule has 0 radical (unpaired) electrons. The van der Waals surface area contributed by atoms with Gasteiger partial charge in [0.25, 0.3) is 0 Å². The van der Waals surface area contributed by atoms with E-state index in [0.29, 0.717) is 37.5 Å². The highest BCUT2D eigenvalue weighted by Crippen LogP contribution is 2.28. The number of morpholine rings is 1. The number of aromatic amines is 1. The van der Waals surface area contributed by atoms with Crippen molar-refractivity contribution in [2.45, 2.75) is 36.4 Å². The molecular formula is C21H26N4O4S2. The number of thioether (sulfide) groups is 1. The molecule has 3 heterocycles. The second-order valence-corrected chi connectivity index (χ2v) is 10.2. The summed E-state index contributed by atoms with van der Waals surface area (Å²) in [6.07, 6.45) is 3.72. The number of Topliss-reactive ketones (excluding diaryl/α,β-unsaturated/α-hetero) is 1. The number of rotatable bonds is 9. The van der Waals surface area contributed by atoms with Crippen molar-refractivity contribution in [2.24, 2.45) is 0 Å². The van der Waals surface area contributed by atoms with Crippen LogP contribution in [0.15, 0.2) is 46.6 Å². The number of fused-ring (bicyclic) bond motifs is 1. The van der Waals surface area contributed by atoms with E-state index in [0.717, 1.165) is 30.1 Å². The molecule has 0 spiro atoms. The Kier molecular flexibility index (Phi) is 6.80. The number of imidazole rings is 1. The third kappa shape index (κ3) is 4.72. The molecule has 2 aromatic heterocycles. The molecule has 8 nitrogen and oxygen atoms in total. The number of benzene rings is 1. The topological polar surface area (TPSA) is 97.3 Å². The zero-order chi connectivity index (χ0) is 21.8. The van der Waals surface area contributed by atoms with Crippen LogP contribution >= 0.6 is 11.8 Å². The van der Waals surface area contributed by atoms with Crippen LogP contribution in [0.2, 0.25) is 0 Å². The van der Waals surface area contributed by atoms with Crippen LogP contribution in [-0.4, -0.2) is 65.1 Å². The first kappa shape index (κ1) is 22.1. The van der Waals surface area contributed by atoms with Crippen LogP contribution in [0.3, 0.4) is 0 Å². The third-order valence-corrected chi connectivity index (χ3v) is 8.13. The van der Waals surface area contributed by atoms with E-state index in [1.807, 2.05) is 6.07 Å². The second kappa shape index (κ2) is 9.56. The predicted molar refractivity (Wildman–Crippen MR) is 120 cm³/mol. The SMILES string of the molecule is CCCCn1c(SCC(=O)c2ccc[nH]2)nc2cc(S(=O)(=O)N3CCOCC3)ccc21. The number of H-pyrrole nitrogens is 1. The van der Waals surface area contributed by atoms with E-state index < -0.39 is 10.0 Å². The van der Waals surface area contributed by atoms with Gasteiger partial charge < -0.3 is 14.3 Å². The number of aryl methyl sites for hydroxylation is 1. The van der Waals surface area contributed by atoms with Gasteiger partial charge in [-0.3, -0.25) is 4.79 Å². The lowest BCUT2D eigenvalue weighted by Gasteiger charge is -2.26. The largest absolute Gasteiger partial charge is 0.379 e. The number of ketones is 1. The average Bonchev–Trinajstić information content (AvgIpc) is 3.44. The average molecular weight is 463 g/mol. The summed E-state index contributed by atoms with van der Waals surface area (Å²) in [6.45, 7) is 4.40. The predicted octanol–water partition coefficient (Wildman–Crippen LogP) is 3.16. The lowest BCUT2D eigenvalue weighted by molar-refractivity contribution is 0.0730. The fourth-order valence-electron chi connectivity index (χ4n) is 3.54. The van der Waals surface area contributed by atoms with Crippen LogP contribution in [0.1, 0.15) is 30.3 Å². The highest BCUT2D eigenvalue weighted by atomic mass is 32.2. The summed E-state index contributed by atoms with van der Waals surface area (Å²) in [4.78, 5) is 20.3. The van der Waals surface area contributed by atoms with Crippen LogP contribution in [0.5, 0.6) is 0 Å². The Bertz CT molecular complexity index is 1150. The number of unbranched alkanes of at least 4 members (excludes halogenated alkanes) is 1. The summed E-state index contributed by atoms with van der Waals surface area (Å²) in [5.41, 5.74) is 2.08. The number of nitrogens with zero attached hydrogens (tertiary/aromatic N) is 3.